The summed E-state index contributed by atoms with van der Waals surface area (Å²) in [7, 11) is 2.92. The van der Waals surface area contributed by atoms with Gasteiger partial charge in [-0.05, 0) is 72.5 Å². The molecule has 9 rings (SSSR count). The number of allylic oxidation sites excluding steroid dienone is 2. The molecule has 0 unspecified atom stereocenters. The van der Waals surface area contributed by atoms with E-state index in [-0.39, 0.29) is 53.4 Å². The van der Waals surface area contributed by atoms with Crippen LogP contribution in [-0.2, 0) is 24.2 Å². The van der Waals surface area contributed by atoms with Crippen LogP contribution in [0, 0.1) is 0 Å². The number of carbonyl (C=O) groups excluding carboxylic acids is 2. The van der Waals surface area contributed by atoms with Crippen LogP contribution in [0.25, 0.3) is 74.2 Å². The summed E-state index contributed by atoms with van der Waals surface area (Å²) in [5.41, 5.74) is 8.94. The summed E-state index contributed by atoms with van der Waals surface area (Å²) in [6, 6.07) is 32.7. The fourth-order valence-corrected chi connectivity index (χ4v) is 7.46. The van der Waals surface area contributed by atoms with Gasteiger partial charge < -0.3 is 24.2 Å². The van der Waals surface area contributed by atoms with Crippen molar-refractivity contribution in [3.63, 3.8) is 0 Å². The first-order valence-corrected chi connectivity index (χ1v) is 18.2. The summed E-state index contributed by atoms with van der Waals surface area (Å²) in [6.07, 6.45) is 7.22. The fourth-order valence-electron chi connectivity index (χ4n) is 7.46. The standard InChI is InChI=1S/C47H36N4O5.Zn/c1-26(2)56-47-44(45(52)42-37(54-3)23-24-38(55-4)43(42)46(47)53)41-35-21-19-33(50-35)39(27-11-7-5-8-12-27)31-17-15-29(48-31)25-30-16-18-32(49-30)40(28-13-9-6-10-14-28)34-20-22-36(41)51-34;/h5-26H,1-4H3,(H2,48,49,50,51,52,53);/q;+2/p-2. The van der Waals surface area contributed by atoms with E-state index in [1.807, 2.05) is 129 Å². The Morgan fingerprint density at radius 2 is 1.05 bits per heavy atom. The summed E-state index contributed by atoms with van der Waals surface area (Å²) >= 11 is 0. The molecule has 6 aromatic rings. The Labute approximate surface area is 341 Å². The monoisotopic (exact) mass is 798 g/mol. The number of nitrogens with zero attached hydrogens (tertiary/aromatic N) is 4. The number of methoxy groups -OCH3 is 2. The third kappa shape index (κ3) is 6.52. The average molecular weight is 800 g/mol. The molecule has 1 aliphatic carbocycles. The summed E-state index contributed by atoms with van der Waals surface area (Å²) in [5, 5.41) is 0. The molecule has 3 aromatic heterocycles. The average Bonchev–Trinajstić information content (AvgIpc) is 4.06. The van der Waals surface area contributed by atoms with Gasteiger partial charge in [-0.3, -0.25) is 9.59 Å². The minimum atomic E-state index is -0.511. The van der Waals surface area contributed by atoms with E-state index >= 15 is 4.79 Å². The zero-order valence-corrected chi connectivity index (χ0v) is 34.7. The first-order valence-electron chi connectivity index (χ1n) is 18.2. The minimum absolute atomic E-state index is 0. The Kier molecular flexibility index (Phi) is 9.90. The first kappa shape index (κ1) is 37.3. The molecule has 0 fully saturated rings. The largest absolute Gasteiger partial charge is 2.00 e. The van der Waals surface area contributed by atoms with Crippen molar-refractivity contribution >= 4 is 63.5 Å². The first-order chi connectivity index (χ1) is 27.3. The van der Waals surface area contributed by atoms with Crippen LogP contribution in [-0.4, -0.2) is 41.9 Å². The van der Waals surface area contributed by atoms with Crippen LogP contribution in [0.5, 0.6) is 11.5 Å². The predicted octanol–water partition coefficient (Wildman–Crippen LogP) is 9.48. The molecular formula is C47H34N4O5Zn. The summed E-state index contributed by atoms with van der Waals surface area (Å²) < 4.78 is 17.6. The van der Waals surface area contributed by atoms with Crippen LogP contribution < -0.4 is 19.4 Å². The van der Waals surface area contributed by atoms with E-state index in [9.17, 15) is 4.79 Å². The van der Waals surface area contributed by atoms with Gasteiger partial charge in [0.2, 0.25) is 11.6 Å². The summed E-state index contributed by atoms with van der Waals surface area (Å²) in [6.45, 7) is 3.62. The molecular weight excluding hydrogens is 766 g/mol. The molecule has 0 amide bonds. The van der Waals surface area contributed by atoms with Gasteiger partial charge in [-0.2, -0.15) is 0 Å². The second kappa shape index (κ2) is 15.1. The van der Waals surface area contributed by atoms with Gasteiger partial charge >= 0.3 is 19.5 Å². The Morgan fingerprint density at radius 1 is 0.544 bits per heavy atom. The van der Waals surface area contributed by atoms with Gasteiger partial charge in [-0.25, -0.2) is 9.97 Å². The van der Waals surface area contributed by atoms with Gasteiger partial charge in [0.15, 0.2) is 5.76 Å². The van der Waals surface area contributed by atoms with Crippen molar-refractivity contribution in [2.24, 2.45) is 0 Å². The quantitative estimate of drug-likeness (QED) is 0.145. The van der Waals surface area contributed by atoms with Crippen LogP contribution >= 0.6 is 0 Å². The molecule has 274 valence electrons. The van der Waals surface area contributed by atoms with Gasteiger partial charge in [0.05, 0.1) is 59.8 Å². The topological polar surface area (TPSA) is 116 Å². The van der Waals surface area contributed by atoms with Crippen LogP contribution in [0.2, 0.25) is 0 Å². The smallest absolute Gasteiger partial charge is 0.657 e. The molecule has 3 aromatic carbocycles. The number of fused-ring (bicyclic) bond motifs is 9. The summed E-state index contributed by atoms with van der Waals surface area (Å²) in [4.78, 5) is 50.4. The number of aromatic nitrogens is 4. The molecule has 8 bridgehead atoms. The number of rotatable bonds is 7. The van der Waals surface area contributed by atoms with E-state index in [0.29, 0.717) is 28.0 Å². The number of benzene rings is 3. The zero-order valence-electron chi connectivity index (χ0n) is 31.7. The maximum atomic E-state index is 15.2. The van der Waals surface area contributed by atoms with E-state index in [2.05, 4.69) is 0 Å². The molecule has 57 heavy (non-hydrogen) atoms. The van der Waals surface area contributed by atoms with Crippen molar-refractivity contribution < 1.29 is 43.3 Å². The van der Waals surface area contributed by atoms with Gasteiger partial charge in [0.25, 0.3) is 0 Å². The summed E-state index contributed by atoms with van der Waals surface area (Å²) in [5.74, 6) is -0.651. The van der Waals surface area contributed by atoms with Crippen LogP contribution in [0.4, 0.5) is 0 Å². The van der Waals surface area contributed by atoms with Crippen molar-refractivity contribution in [1.82, 2.24) is 19.9 Å². The van der Waals surface area contributed by atoms with Crippen LogP contribution in [0.15, 0.2) is 109 Å². The van der Waals surface area contributed by atoms with E-state index in [4.69, 9.17) is 34.1 Å². The third-order valence-corrected chi connectivity index (χ3v) is 9.85. The van der Waals surface area contributed by atoms with Gasteiger partial charge in [0, 0.05) is 5.56 Å². The molecule has 0 saturated carbocycles. The third-order valence-electron chi connectivity index (χ3n) is 9.85. The molecule has 9 nitrogen and oxygen atoms in total. The molecule has 0 spiro atoms. The number of Topliss-reactive ketones (excluding diaryl/α,β-unsaturated/α-hetero) is 2. The number of carbonyl (C=O) groups is 2. The number of ether oxygens (including phenoxy) is 3. The Bertz CT molecular complexity index is 2830. The molecule has 0 N–H and O–H groups in total. The Hall–Kier alpha value is -6.64. The Balaban J connectivity index is 0.00000455. The van der Waals surface area contributed by atoms with Crippen LogP contribution in [0.3, 0.4) is 0 Å². The molecule has 3 aliphatic rings. The second-order valence-electron chi connectivity index (χ2n) is 13.7. The van der Waals surface area contributed by atoms with Crippen molar-refractivity contribution in [2.45, 2.75) is 20.0 Å². The van der Waals surface area contributed by atoms with Crippen molar-refractivity contribution in [2.75, 3.05) is 14.2 Å². The van der Waals surface area contributed by atoms with Crippen molar-refractivity contribution in [1.29, 1.82) is 0 Å². The fraction of sp³-hybridized carbons (Fsp3) is 0.106. The molecule has 2 aliphatic heterocycles. The van der Waals surface area contributed by atoms with E-state index in [0.717, 1.165) is 44.7 Å². The zero-order chi connectivity index (χ0) is 38.5. The van der Waals surface area contributed by atoms with Crippen LogP contribution in [0.1, 0.15) is 62.9 Å². The van der Waals surface area contributed by atoms with E-state index < -0.39 is 17.7 Å². The van der Waals surface area contributed by atoms with Gasteiger partial charge in [-0.15, -0.1) is 22.1 Å². The molecule has 0 saturated heterocycles. The molecule has 0 radical (unpaired) electrons. The maximum absolute atomic E-state index is 15.2. The normalized spacial score (nSPS) is 13.1. The maximum Gasteiger partial charge on any atom is 2.00 e. The number of hydrogen-bond acceptors (Lipinski definition) is 7. The number of ketones is 2. The number of hydrogen-bond donors (Lipinski definition) is 0. The van der Waals surface area contributed by atoms with Gasteiger partial charge in [-0.1, -0.05) is 91.0 Å². The van der Waals surface area contributed by atoms with E-state index in [1.165, 1.54) is 14.2 Å². The molecule has 0 atom stereocenters. The van der Waals surface area contributed by atoms with Crippen molar-refractivity contribution in [3.05, 3.63) is 148 Å². The Morgan fingerprint density at radius 3 is 1.65 bits per heavy atom. The van der Waals surface area contributed by atoms with Gasteiger partial charge in [0.1, 0.15) is 11.5 Å². The molecule has 5 heterocycles. The second-order valence-corrected chi connectivity index (χ2v) is 13.7. The SMILES string of the molecule is COc1ccc(OC)c2c1C(=O)C(OC(C)C)=C(c1c3nc(c(-c4ccccc4)c4ccc(cc5nc(c(-c6ccccc6)c6ccc1[n-]6)C=C5)[n-]4)C=C3)C2=O.[Zn+2]. The van der Waals surface area contributed by atoms with E-state index in [1.54, 1.807) is 12.1 Å². The predicted molar refractivity (Wildman–Crippen MR) is 219 cm³/mol. The molecule has 10 heteroatoms. The van der Waals surface area contributed by atoms with Crippen molar-refractivity contribution in [3.8, 4) is 33.8 Å². The minimum Gasteiger partial charge on any atom is -0.657 e.